The van der Waals surface area contributed by atoms with Gasteiger partial charge in [0.05, 0.1) is 0 Å². The lowest BCUT2D eigenvalue weighted by Gasteiger charge is -2.09. The highest BCUT2D eigenvalue weighted by Crippen LogP contribution is 2.23. The van der Waals surface area contributed by atoms with Gasteiger partial charge in [0.15, 0.2) is 0 Å². The molecule has 0 fully saturated rings. The van der Waals surface area contributed by atoms with E-state index >= 15 is 0 Å². The zero-order valence-electron chi connectivity index (χ0n) is 10.3. The number of thiocarbonyl (C=S) groups is 1. The van der Waals surface area contributed by atoms with E-state index in [0.29, 0.717) is 5.69 Å². The first-order valence-corrected chi connectivity index (χ1v) is 7.24. The molecule has 0 aliphatic carbocycles. The summed E-state index contributed by atoms with van der Waals surface area (Å²) in [5, 5.41) is 3.15. The summed E-state index contributed by atoms with van der Waals surface area (Å²) >= 11 is 6.43. The molecular weight excluding hydrogens is 279 g/mol. The average Bonchev–Trinajstić information content (AvgIpc) is 2.38. The lowest BCUT2D eigenvalue weighted by molar-refractivity contribution is 0.626. The molecule has 0 aromatic heterocycles. The fourth-order valence-electron chi connectivity index (χ4n) is 1.66. The van der Waals surface area contributed by atoms with E-state index < -0.39 is 5.82 Å². The molecule has 0 aliphatic rings. The Morgan fingerprint density at radius 3 is 2.58 bits per heavy atom. The summed E-state index contributed by atoms with van der Waals surface area (Å²) in [4.78, 5) is 1.21. The SMILES string of the molecule is CSc1cccc(Nc2ccc(C(N)=S)c(F)c2)c1. The van der Waals surface area contributed by atoms with Crippen molar-refractivity contribution in [1.29, 1.82) is 0 Å². The molecule has 2 rings (SSSR count). The Hall–Kier alpha value is -1.59. The molecule has 3 N–H and O–H groups in total. The van der Waals surface area contributed by atoms with Crippen molar-refractivity contribution in [2.24, 2.45) is 5.73 Å². The number of anilines is 2. The second-order valence-electron chi connectivity index (χ2n) is 3.92. The predicted molar refractivity (Wildman–Crippen MR) is 83.8 cm³/mol. The third-order valence-electron chi connectivity index (χ3n) is 2.59. The van der Waals surface area contributed by atoms with E-state index in [1.54, 1.807) is 23.9 Å². The van der Waals surface area contributed by atoms with Crippen molar-refractivity contribution in [3.05, 3.63) is 53.8 Å². The van der Waals surface area contributed by atoms with E-state index in [1.165, 1.54) is 6.07 Å². The summed E-state index contributed by atoms with van der Waals surface area (Å²) in [7, 11) is 0. The maximum Gasteiger partial charge on any atom is 0.135 e. The topological polar surface area (TPSA) is 38.0 Å². The van der Waals surface area contributed by atoms with Crippen molar-refractivity contribution in [1.82, 2.24) is 0 Å². The molecule has 0 radical (unpaired) electrons. The number of hydrogen-bond donors (Lipinski definition) is 2. The zero-order chi connectivity index (χ0) is 13.8. The van der Waals surface area contributed by atoms with E-state index in [2.05, 4.69) is 5.32 Å². The van der Waals surface area contributed by atoms with Gasteiger partial charge in [-0.3, -0.25) is 0 Å². The van der Waals surface area contributed by atoms with Gasteiger partial charge >= 0.3 is 0 Å². The predicted octanol–water partition coefficient (Wildman–Crippen LogP) is 3.93. The van der Waals surface area contributed by atoms with Crippen molar-refractivity contribution in [2.75, 3.05) is 11.6 Å². The molecule has 0 amide bonds. The third kappa shape index (κ3) is 3.45. The van der Waals surface area contributed by atoms with Crippen LogP contribution in [0.25, 0.3) is 0 Å². The highest BCUT2D eigenvalue weighted by molar-refractivity contribution is 7.98. The molecule has 2 aromatic carbocycles. The Kier molecular flexibility index (Phi) is 4.39. The molecule has 0 bridgehead atoms. The number of thioether (sulfide) groups is 1. The minimum atomic E-state index is -0.418. The normalized spacial score (nSPS) is 10.2. The van der Waals surface area contributed by atoms with Crippen LogP contribution in [0.15, 0.2) is 47.4 Å². The molecule has 98 valence electrons. The maximum atomic E-state index is 13.7. The fourth-order valence-corrected chi connectivity index (χ4v) is 2.29. The molecule has 0 saturated carbocycles. The second-order valence-corrected chi connectivity index (χ2v) is 5.24. The number of nitrogens with one attached hydrogen (secondary N) is 1. The van der Waals surface area contributed by atoms with Crippen molar-refractivity contribution in [3.8, 4) is 0 Å². The number of nitrogens with two attached hydrogens (primary N) is 1. The van der Waals surface area contributed by atoms with Crippen LogP contribution in [0.1, 0.15) is 5.56 Å². The molecule has 2 nitrogen and oxygen atoms in total. The van der Waals surface area contributed by atoms with Crippen LogP contribution in [0, 0.1) is 5.82 Å². The smallest absolute Gasteiger partial charge is 0.135 e. The summed E-state index contributed by atoms with van der Waals surface area (Å²) < 4.78 is 13.7. The molecule has 19 heavy (non-hydrogen) atoms. The summed E-state index contributed by atoms with van der Waals surface area (Å²) in [6.45, 7) is 0. The van der Waals surface area contributed by atoms with Crippen molar-refractivity contribution in [2.45, 2.75) is 4.90 Å². The van der Waals surface area contributed by atoms with Gasteiger partial charge in [0.1, 0.15) is 10.8 Å². The summed E-state index contributed by atoms with van der Waals surface area (Å²) in [5.74, 6) is -0.418. The highest BCUT2D eigenvalue weighted by Gasteiger charge is 2.06. The molecule has 0 saturated heterocycles. The highest BCUT2D eigenvalue weighted by atomic mass is 32.2. The van der Waals surface area contributed by atoms with Gasteiger partial charge < -0.3 is 11.1 Å². The van der Waals surface area contributed by atoms with Crippen LogP contribution in [0.2, 0.25) is 0 Å². The van der Waals surface area contributed by atoms with E-state index in [-0.39, 0.29) is 10.6 Å². The Bertz CT molecular complexity index is 614. The first-order chi connectivity index (χ1) is 9.10. The number of halogens is 1. The molecule has 5 heteroatoms. The van der Waals surface area contributed by atoms with Gasteiger partial charge in [-0.25, -0.2) is 4.39 Å². The van der Waals surface area contributed by atoms with Gasteiger partial charge in [-0.2, -0.15) is 0 Å². The maximum absolute atomic E-state index is 13.7. The number of benzene rings is 2. The minimum Gasteiger partial charge on any atom is -0.389 e. The van der Waals surface area contributed by atoms with E-state index in [0.717, 1.165) is 10.6 Å². The first-order valence-electron chi connectivity index (χ1n) is 5.60. The fraction of sp³-hybridized carbons (Fsp3) is 0.0714. The van der Waals surface area contributed by atoms with Gasteiger partial charge in [-0.05, 0) is 42.7 Å². The van der Waals surface area contributed by atoms with Crippen LogP contribution in [-0.2, 0) is 0 Å². The van der Waals surface area contributed by atoms with E-state index in [9.17, 15) is 4.39 Å². The van der Waals surface area contributed by atoms with Crippen LogP contribution in [0.3, 0.4) is 0 Å². The standard InChI is InChI=1S/C14H13FN2S2/c1-19-11-4-2-3-9(7-11)17-10-5-6-12(14(16)18)13(15)8-10/h2-8,17H,1H3,(H2,16,18). The van der Waals surface area contributed by atoms with Gasteiger partial charge in [0.2, 0.25) is 0 Å². The molecule has 0 spiro atoms. The molecule has 0 aliphatic heterocycles. The molecule has 2 aromatic rings. The van der Waals surface area contributed by atoms with Crippen LogP contribution in [0.4, 0.5) is 15.8 Å². The third-order valence-corrected chi connectivity index (χ3v) is 3.54. The Balaban J connectivity index is 2.23. The summed E-state index contributed by atoms with van der Waals surface area (Å²) in [5.41, 5.74) is 7.26. The van der Waals surface area contributed by atoms with Gasteiger partial charge in [0, 0.05) is 21.8 Å². The number of hydrogen-bond acceptors (Lipinski definition) is 3. The van der Waals surface area contributed by atoms with Crippen molar-refractivity contribution in [3.63, 3.8) is 0 Å². The number of rotatable bonds is 4. The van der Waals surface area contributed by atoms with Gasteiger partial charge in [-0.1, -0.05) is 18.3 Å². The molecule has 0 unspecified atom stereocenters. The Morgan fingerprint density at radius 1 is 1.21 bits per heavy atom. The van der Waals surface area contributed by atoms with Crippen LogP contribution in [0.5, 0.6) is 0 Å². The quantitative estimate of drug-likeness (QED) is 0.661. The molecule has 0 heterocycles. The van der Waals surface area contributed by atoms with Gasteiger partial charge in [-0.15, -0.1) is 11.8 Å². The van der Waals surface area contributed by atoms with Crippen LogP contribution < -0.4 is 11.1 Å². The minimum absolute atomic E-state index is 0.0634. The Labute approximate surface area is 121 Å². The second kappa shape index (κ2) is 6.04. The van der Waals surface area contributed by atoms with Gasteiger partial charge in [0.25, 0.3) is 0 Å². The lowest BCUT2D eigenvalue weighted by Crippen LogP contribution is -2.11. The zero-order valence-corrected chi connectivity index (χ0v) is 11.9. The van der Waals surface area contributed by atoms with Crippen LogP contribution in [-0.4, -0.2) is 11.2 Å². The summed E-state index contributed by atoms with van der Waals surface area (Å²) in [6.07, 6.45) is 2.01. The molecular formula is C14H13FN2S2. The van der Waals surface area contributed by atoms with Crippen molar-refractivity contribution >= 4 is 40.3 Å². The van der Waals surface area contributed by atoms with E-state index in [4.69, 9.17) is 18.0 Å². The first kappa shape index (κ1) is 13.8. The molecule has 0 atom stereocenters. The lowest BCUT2D eigenvalue weighted by atomic mass is 10.2. The average molecular weight is 292 g/mol. The van der Waals surface area contributed by atoms with Crippen molar-refractivity contribution < 1.29 is 4.39 Å². The van der Waals surface area contributed by atoms with Crippen LogP contribution >= 0.6 is 24.0 Å². The monoisotopic (exact) mass is 292 g/mol. The Morgan fingerprint density at radius 2 is 1.95 bits per heavy atom. The largest absolute Gasteiger partial charge is 0.389 e. The summed E-state index contributed by atoms with van der Waals surface area (Å²) in [6, 6.07) is 12.6. The van der Waals surface area contributed by atoms with E-state index in [1.807, 2.05) is 30.5 Å².